The van der Waals surface area contributed by atoms with Crippen molar-refractivity contribution in [3.05, 3.63) is 58.2 Å². The Morgan fingerprint density at radius 1 is 1.16 bits per heavy atom. The van der Waals surface area contributed by atoms with Crippen LogP contribution in [0.1, 0.15) is 52.0 Å². The van der Waals surface area contributed by atoms with Gasteiger partial charge in [0.15, 0.2) is 0 Å². The summed E-state index contributed by atoms with van der Waals surface area (Å²) in [4.78, 5) is 28.5. The average Bonchev–Trinajstić information content (AvgIpc) is 2.77. The number of benzene rings is 1. The summed E-state index contributed by atoms with van der Waals surface area (Å²) >= 11 is 5.95. The molecule has 2 aromatic rings. The highest BCUT2D eigenvalue weighted by molar-refractivity contribution is 6.33. The molecular formula is C22H23ClF3N3O3. The molecular weight excluding hydrogens is 447 g/mol. The van der Waals surface area contributed by atoms with Crippen LogP contribution in [0.3, 0.4) is 0 Å². The number of aromatic nitrogens is 1. The van der Waals surface area contributed by atoms with Crippen LogP contribution >= 0.6 is 11.6 Å². The van der Waals surface area contributed by atoms with Crippen molar-refractivity contribution in [3.63, 3.8) is 0 Å². The number of esters is 1. The van der Waals surface area contributed by atoms with Gasteiger partial charge in [0.2, 0.25) is 0 Å². The van der Waals surface area contributed by atoms with E-state index in [9.17, 15) is 22.8 Å². The van der Waals surface area contributed by atoms with E-state index in [0.717, 1.165) is 31.0 Å². The van der Waals surface area contributed by atoms with Gasteiger partial charge in [0.05, 0.1) is 23.3 Å². The Balaban J connectivity index is 1.53. The number of methoxy groups -OCH3 is 1. The molecule has 1 aromatic carbocycles. The lowest BCUT2D eigenvalue weighted by Gasteiger charge is -2.29. The van der Waals surface area contributed by atoms with E-state index in [0.29, 0.717) is 36.7 Å². The summed E-state index contributed by atoms with van der Waals surface area (Å²) in [5.41, 5.74) is -0.743. The zero-order valence-electron chi connectivity index (χ0n) is 17.3. The Morgan fingerprint density at radius 2 is 1.88 bits per heavy atom. The lowest BCUT2D eigenvalue weighted by molar-refractivity contribution is -0.137. The number of rotatable bonds is 6. The summed E-state index contributed by atoms with van der Waals surface area (Å²) in [6.45, 7) is 0.598. The Morgan fingerprint density at radius 3 is 2.53 bits per heavy atom. The molecule has 1 aliphatic carbocycles. The fourth-order valence-corrected chi connectivity index (χ4v) is 3.91. The van der Waals surface area contributed by atoms with Gasteiger partial charge in [-0.05, 0) is 61.9 Å². The number of anilines is 1. The molecule has 0 bridgehead atoms. The number of hydrogen-bond acceptors (Lipinski definition) is 5. The highest BCUT2D eigenvalue weighted by Crippen LogP contribution is 2.32. The van der Waals surface area contributed by atoms with Gasteiger partial charge < -0.3 is 15.4 Å². The van der Waals surface area contributed by atoms with Gasteiger partial charge in [0, 0.05) is 18.8 Å². The normalized spacial score (nSPS) is 18.7. The van der Waals surface area contributed by atoms with Gasteiger partial charge in [0.1, 0.15) is 11.4 Å². The monoisotopic (exact) mass is 469 g/mol. The van der Waals surface area contributed by atoms with E-state index >= 15 is 0 Å². The predicted molar refractivity (Wildman–Crippen MR) is 114 cm³/mol. The maximum Gasteiger partial charge on any atom is 0.416 e. The number of carbonyl (C=O) groups is 2. The topological polar surface area (TPSA) is 80.3 Å². The Bertz CT molecular complexity index is 976. The minimum atomic E-state index is -4.55. The first kappa shape index (κ1) is 23.8. The van der Waals surface area contributed by atoms with Crippen LogP contribution in [0.4, 0.5) is 19.0 Å². The molecule has 0 aliphatic heterocycles. The fraction of sp³-hybridized carbons (Fsp3) is 0.409. The molecule has 32 heavy (non-hydrogen) atoms. The van der Waals surface area contributed by atoms with Crippen LogP contribution in [0.5, 0.6) is 0 Å². The van der Waals surface area contributed by atoms with Crippen molar-refractivity contribution < 1.29 is 27.5 Å². The summed E-state index contributed by atoms with van der Waals surface area (Å²) in [7, 11) is 1.31. The molecule has 1 saturated carbocycles. The van der Waals surface area contributed by atoms with E-state index < -0.39 is 23.6 Å². The predicted octanol–water partition coefficient (Wildman–Crippen LogP) is 4.94. The van der Waals surface area contributed by atoms with E-state index in [-0.39, 0.29) is 16.6 Å². The van der Waals surface area contributed by atoms with Gasteiger partial charge in [-0.25, -0.2) is 9.78 Å². The van der Waals surface area contributed by atoms with Crippen molar-refractivity contribution in [1.82, 2.24) is 10.3 Å². The first-order chi connectivity index (χ1) is 15.2. The number of nitrogens with zero attached hydrogens (tertiary/aromatic N) is 1. The number of hydrogen-bond donors (Lipinski definition) is 2. The van der Waals surface area contributed by atoms with Gasteiger partial charge in [0.25, 0.3) is 5.91 Å². The summed E-state index contributed by atoms with van der Waals surface area (Å²) in [6.07, 6.45) is -0.00303. The van der Waals surface area contributed by atoms with Crippen LogP contribution in [-0.2, 0) is 10.9 Å². The highest BCUT2D eigenvalue weighted by Gasteiger charge is 2.32. The van der Waals surface area contributed by atoms with E-state index in [2.05, 4.69) is 15.6 Å². The number of amides is 1. The van der Waals surface area contributed by atoms with Gasteiger partial charge in [-0.15, -0.1) is 0 Å². The molecule has 1 heterocycles. The van der Waals surface area contributed by atoms with Crippen LogP contribution in [0, 0.1) is 5.92 Å². The average molecular weight is 470 g/mol. The number of pyridine rings is 1. The van der Waals surface area contributed by atoms with E-state index in [4.69, 9.17) is 16.3 Å². The van der Waals surface area contributed by atoms with Crippen molar-refractivity contribution >= 4 is 29.3 Å². The number of halogens is 4. The van der Waals surface area contributed by atoms with Crippen LogP contribution < -0.4 is 10.6 Å². The maximum absolute atomic E-state index is 12.9. The fourth-order valence-electron chi connectivity index (χ4n) is 3.71. The van der Waals surface area contributed by atoms with Crippen molar-refractivity contribution in [2.24, 2.45) is 5.92 Å². The molecule has 0 unspecified atom stereocenters. The molecule has 0 spiro atoms. The lowest BCUT2D eigenvalue weighted by atomic mass is 9.86. The molecule has 172 valence electrons. The third-order valence-electron chi connectivity index (χ3n) is 5.49. The zero-order valence-corrected chi connectivity index (χ0v) is 18.1. The lowest BCUT2D eigenvalue weighted by Crippen LogP contribution is -2.38. The van der Waals surface area contributed by atoms with Crippen molar-refractivity contribution in [2.75, 3.05) is 19.0 Å². The minimum absolute atomic E-state index is 0.0230. The van der Waals surface area contributed by atoms with E-state index in [1.54, 1.807) is 18.3 Å². The SMILES string of the molecule is COC(=O)c1cccnc1NCC1CCC(NC(=O)c2cc(C(F)(F)F)ccc2Cl)CC1. The summed E-state index contributed by atoms with van der Waals surface area (Å²) in [5.74, 6) is -0.332. The van der Waals surface area contributed by atoms with Crippen LogP contribution in [-0.4, -0.2) is 36.6 Å². The first-order valence-corrected chi connectivity index (χ1v) is 10.5. The quantitative estimate of drug-likeness (QED) is 0.586. The molecule has 1 aromatic heterocycles. The van der Waals surface area contributed by atoms with E-state index in [1.807, 2.05) is 0 Å². The summed E-state index contributed by atoms with van der Waals surface area (Å²) < 4.78 is 43.6. The number of nitrogens with one attached hydrogen (secondary N) is 2. The second-order valence-electron chi connectivity index (χ2n) is 7.66. The van der Waals surface area contributed by atoms with E-state index in [1.165, 1.54) is 7.11 Å². The Kier molecular flexibility index (Phi) is 7.60. The molecule has 0 saturated heterocycles. The number of ether oxygens (including phenoxy) is 1. The molecule has 0 atom stereocenters. The van der Waals surface area contributed by atoms with Gasteiger partial charge in [-0.3, -0.25) is 4.79 Å². The van der Waals surface area contributed by atoms with Crippen LogP contribution in [0.25, 0.3) is 0 Å². The van der Waals surface area contributed by atoms with Gasteiger partial charge in [-0.1, -0.05) is 11.6 Å². The maximum atomic E-state index is 12.9. The second-order valence-corrected chi connectivity index (χ2v) is 8.06. The summed E-state index contributed by atoms with van der Waals surface area (Å²) in [5, 5.41) is 5.96. The summed E-state index contributed by atoms with van der Waals surface area (Å²) in [6, 6.07) is 5.85. The zero-order chi connectivity index (χ0) is 23.3. The molecule has 1 fully saturated rings. The van der Waals surface area contributed by atoms with Crippen LogP contribution in [0.2, 0.25) is 5.02 Å². The highest BCUT2D eigenvalue weighted by atomic mass is 35.5. The van der Waals surface area contributed by atoms with Gasteiger partial charge >= 0.3 is 12.1 Å². The molecule has 2 N–H and O–H groups in total. The standard InChI is InChI=1S/C22H23ClF3N3O3/c1-32-21(31)16-3-2-10-27-19(16)28-12-13-4-7-15(8-5-13)29-20(30)17-11-14(22(24,25)26)6-9-18(17)23/h2-3,6,9-11,13,15H,4-5,7-8,12H2,1H3,(H,27,28)(H,29,30). The smallest absolute Gasteiger partial charge is 0.416 e. The first-order valence-electron chi connectivity index (χ1n) is 10.1. The second kappa shape index (κ2) is 10.2. The Labute approximate surface area is 188 Å². The largest absolute Gasteiger partial charge is 0.465 e. The molecule has 0 radical (unpaired) electrons. The minimum Gasteiger partial charge on any atom is -0.465 e. The number of alkyl halides is 3. The van der Waals surface area contributed by atoms with Crippen molar-refractivity contribution in [3.8, 4) is 0 Å². The Hall–Kier alpha value is -2.81. The third-order valence-corrected chi connectivity index (χ3v) is 5.82. The van der Waals surface area contributed by atoms with Crippen molar-refractivity contribution in [2.45, 2.75) is 37.9 Å². The van der Waals surface area contributed by atoms with Crippen LogP contribution in [0.15, 0.2) is 36.5 Å². The number of carbonyl (C=O) groups excluding carboxylic acids is 2. The molecule has 1 amide bonds. The van der Waals surface area contributed by atoms with Crippen molar-refractivity contribution in [1.29, 1.82) is 0 Å². The molecule has 1 aliphatic rings. The molecule has 6 nitrogen and oxygen atoms in total. The molecule has 3 rings (SSSR count). The molecule has 10 heteroatoms. The third kappa shape index (κ3) is 5.91. The van der Waals surface area contributed by atoms with Gasteiger partial charge in [-0.2, -0.15) is 13.2 Å².